The average molecular weight is 303 g/mol. The van der Waals surface area contributed by atoms with E-state index in [1.54, 1.807) is 13.0 Å². The normalized spacial score (nSPS) is 11.5. The molecule has 1 unspecified atom stereocenters. The Labute approximate surface area is 126 Å². The number of halogens is 1. The number of ether oxygens (including phenoxy) is 1. The van der Waals surface area contributed by atoms with Crippen LogP contribution >= 0.6 is 0 Å². The fraction of sp³-hybridized carbons (Fsp3) is 0.125. The highest BCUT2D eigenvalue weighted by Crippen LogP contribution is 2.15. The van der Waals surface area contributed by atoms with Gasteiger partial charge in [0.2, 0.25) is 0 Å². The maximum atomic E-state index is 13.0. The molecule has 2 aromatic carbocycles. The van der Waals surface area contributed by atoms with Crippen LogP contribution in [0, 0.1) is 5.82 Å². The molecule has 22 heavy (non-hydrogen) atoms. The molecule has 0 aliphatic rings. The number of hydrogen-bond acceptors (Lipinski definition) is 3. The highest BCUT2D eigenvalue weighted by atomic mass is 19.1. The number of carbonyl (C=O) groups excluding carboxylic acids is 1. The average Bonchev–Trinajstić information content (AvgIpc) is 2.47. The summed E-state index contributed by atoms with van der Waals surface area (Å²) in [7, 11) is 0. The lowest BCUT2D eigenvalue weighted by molar-refractivity contribution is -0.122. The zero-order chi connectivity index (χ0) is 16.1. The summed E-state index contributed by atoms with van der Waals surface area (Å²) < 4.78 is 18.5. The van der Waals surface area contributed by atoms with Gasteiger partial charge in [-0.1, -0.05) is 6.07 Å². The first-order valence-electron chi connectivity index (χ1n) is 6.52. The third-order valence-electron chi connectivity index (χ3n) is 2.88. The summed E-state index contributed by atoms with van der Waals surface area (Å²) in [5.41, 5.74) is 0.464. The lowest BCUT2D eigenvalue weighted by Crippen LogP contribution is -2.30. The Bertz CT molecular complexity index is 685. The standard InChI is InChI=1S/C16H14FNO4/c1-10(15(19)18-13-4-2-3-12(17)9-13)22-14-7-5-11(6-8-14)16(20)21/h2-10H,1H3,(H,18,19)(H,20,21). The van der Waals surface area contributed by atoms with E-state index in [1.165, 1.54) is 42.5 Å². The van der Waals surface area contributed by atoms with Crippen LogP contribution in [-0.2, 0) is 4.79 Å². The van der Waals surface area contributed by atoms with Crippen molar-refractivity contribution in [2.24, 2.45) is 0 Å². The monoisotopic (exact) mass is 303 g/mol. The van der Waals surface area contributed by atoms with Crippen molar-refractivity contribution in [3.63, 3.8) is 0 Å². The van der Waals surface area contributed by atoms with Gasteiger partial charge in [0.15, 0.2) is 6.10 Å². The van der Waals surface area contributed by atoms with Gasteiger partial charge in [0, 0.05) is 5.69 Å². The number of carbonyl (C=O) groups is 2. The van der Waals surface area contributed by atoms with Crippen LogP contribution in [0.2, 0.25) is 0 Å². The maximum absolute atomic E-state index is 13.0. The minimum absolute atomic E-state index is 0.129. The van der Waals surface area contributed by atoms with E-state index in [2.05, 4.69) is 5.32 Å². The summed E-state index contributed by atoms with van der Waals surface area (Å²) in [6.07, 6.45) is -0.820. The predicted octanol–water partition coefficient (Wildman–Crippen LogP) is 2.93. The van der Waals surface area contributed by atoms with Crippen LogP contribution in [0.25, 0.3) is 0 Å². The quantitative estimate of drug-likeness (QED) is 0.890. The zero-order valence-corrected chi connectivity index (χ0v) is 11.7. The number of rotatable bonds is 5. The van der Waals surface area contributed by atoms with E-state index in [0.29, 0.717) is 11.4 Å². The summed E-state index contributed by atoms with van der Waals surface area (Å²) in [5, 5.41) is 11.3. The Kier molecular flexibility index (Phi) is 4.73. The molecular weight excluding hydrogens is 289 g/mol. The van der Waals surface area contributed by atoms with Crippen LogP contribution in [0.5, 0.6) is 5.75 Å². The molecule has 0 bridgehead atoms. The molecular formula is C16H14FNO4. The molecule has 0 saturated carbocycles. The molecule has 0 radical (unpaired) electrons. The number of nitrogens with one attached hydrogen (secondary N) is 1. The molecule has 114 valence electrons. The van der Waals surface area contributed by atoms with Gasteiger partial charge in [0.25, 0.3) is 5.91 Å². The lowest BCUT2D eigenvalue weighted by atomic mass is 10.2. The van der Waals surface area contributed by atoms with Gasteiger partial charge in [-0.15, -0.1) is 0 Å². The van der Waals surface area contributed by atoms with E-state index >= 15 is 0 Å². The van der Waals surface area contributed by atoms with Crippen molar-refractivity contribution >= 4 is 17.6 Å². The zero-order valence-electron chi connectivity index (χ0n) is 11.7. The molecule has 2 aromatic rings. The molecule has 0 heterocycles. The van der Waals surface area contributed by atoms with Crippen molar-refractivity contribution in [3.8, 4) is 5.75 Å². The minimum Gasteiger partial charge on any atom is -0.481 e. The third-order valence-corrected chi connectivity index (χ3v) is 2.88. The molecule has 0 saturated heterocycles. The Hall–Kier alpha value is -2.89. The van der Waals surface area contributed by atoms with Gasteiger partial charge in [-0.25, -0.2) is 9.18 Å². The number of carboxylic acid groups (broad SMARTS) is 1. The summed E-state index contributed by atoms with van der Waals surface area (Å²) >= 11 is 0. The predicted molar refractivity (Wildman–Crippen MR) is 78.5 cm³/mol. The molecule has 6 heteroatoms. The molecule has 0 aliphatic heterocycles. The SMILES string of the molecule is CC(Oc1ccc(C(=O)O)cc1)C(=O)Nc1cccc(F)c1. The Morgan fingerprint density at radius 1 is 1.18 bits per heavy atom. The lowest BCUT2D eigenvalue weighted by Gasteiger charge is -2.14. The first-order valence-corrected chi connectivity index (χ1v) is 6.52. The first kappa shape index (κ1) is 15.5. The number of aromatic carboxylic acids is 1. The number of hydrogen-bond donors (Lipinski definition) is 2. The molecule has 0 fully saturated rings. The number of benzene rings is 2. The van der Waals surface area contributed by atoms with E-state index in [-0.39, 0.29) is 5.56 Å². The van der Waals surface area contributed by atoms with Gasteiger partial charge in [-0.2, -0.15) is 0 Å². The van der Waals surface area contributed by atoms with Gasteiger partial charge in [0.05, 0.1) is 5.56 Å². The van der Waals surface area contributed by atoms with Crippen molar-refractivity contribution in [3.05, 3.63) is 59.9 Å². The van der Waals surface area contributed by atoms with E-state index in [9.17, 15) is 14.0 Å². The van der Waals surface area contributed by atoms with Crippen molar-refractivity contribution < 1.29 is 23.8 Å². The second-order valence-electron chi connectivity index (χ2n) is 4.59. The van der Waals surface area contributed by atoms with E-state index in [1.807, 2.05) is 0 Å². The summed E-state index contributed by atoms with van der Waals surface area (Å²) in [5.74, 6) is -1.56. The van der Waals surface area contributed by atoms with Crippen molar-refractivity contribution in [1.29, 1.82) is 0 Å². The molecule has 5 nitrogen and oxygen atoms in total. The number of carboxylic acids is 1. The summed E-state index contributed by atoms with van der Waals surface area (Å²) in [6, 6.07) is 11.2. The molecule has 0 spiro atoms. The Morgan fingerprint density at radius 3 is 2.45 bits per heavy atom. The Morgan fingerprint density at radius 2 is 1.86 bits per heavy atom. The second-order valence-corrected chi connectivity index (χ2v) is 4.59. The topological polar surface area (TPSA) is 75.6 Å². The highest BCUT2D eigenvalue weighted by Gasteiger charge is 2.15. The highest BCUT2D eigenvalue weighted by molar-refractivity contribution is 5.94. The molecule has 0 aliphatic carbocycles. The van der Waals surface area contributed by atoms with Crippen LogP contribution in [0.4, 0.5) is 10.1 Å². The smallest absolute Gasteiger partial charge is 0.335 e. The molecule has 0 aromatic heterocycles. The van der Waals surface area contributed by atoms with Gasteiger partial charge < -0.3 is 15.2 Å². The molecule has 1 atom stereocenters. The van der Waals surface area contributed by atoms with Crippen molar-refractivity contribution in [2.45, 2.75) is 13.0 Å². The van der Waals surface area contributed by atoms with Crippen LogP contribution in [0.15, 0.2) is 48.5 Å². The third kappa shape index (κ3) is 4.05. The largest absolute Gasteiger partial charge is 0.481 e. The number of amides is 1. The molecule has 2 rings (SSSR count). The van der Waals surface area contributed by atoms with Crippen LogP contribution in [0.3, 0.4) is 0 Å². The fourth-order valence-electron chi connectivity index (χ4n) is 1.74. The van der Waals surface area contributed by atoms with E-state index < -0.39 is 23.8 Å². The van der Waals surface area contributed by atoms with E-state index in [0.717, 1.165) is 0 Å². The molecule has 2 N–H and O–H groups in total. The Balaban J connectivity index is 1.97. The van der Waals surface area contributed by atoms with Gasteiger partial charge in [-0.05, 0) is 49.4 Å². The van der Waals surface area contributed by atoms with Crippen molar-refractivity contribution in [2.75, 3.05) is 5.32 Å². The minimum atomic E-state index is -1.04. The van der Waals surface area contributed by atoms with Gasteiger partial charge in [-0.3, -0.25) is 4.79 Å². The van der Waals surface area contributed by atoms with Crippen molar-refractivity contribution in [1.82, 2.24) is 0 Å². The second kappa shape index (κ2) is 6.71. The first-order chi connectivity index (χ1) is 10.5. The van der Waals surface area contributed by atoms with Gasteiger partial charge in [0.1, 0.15) is 11.6 Å². The van der Waals surface area contributed by atoms with Crippen LogP contribution < -0.4 is 10.1 Å². The fourth-order valence-corrected chi connectivity index (χ4v) is 1.74. The van der Waals surface area contributed by atoms with E-state index in [4.69, 9.17) is 9.84 Å². The number of anilines is 1. The summed E-state index contributed by atoms with van der Waals surface area (Å²) in [4.78, 5) is 22.7. The van der Waals surface area contributed by atoms with Gasteiger partial charge >= 0.3 is 5.97 Å². The van der Waals surface area contributed by atoms with Crippen LogP contribution in [0.1, 0.15) is 17.3 Å². The molecule has 1 amide bonds. The summed E-state index contributed by atoms with van der Waals surface area (Å²) in [6.45, 7) is 1.54. The maximum Gasteiger partial charge on any atom is 0.335 e. The van der Waals surface area contributed by atoms with Crippen LogP contribution in [-0.4, -0.2) is 23.1 Å².